The van der Waals surface area contributed by atoms with Crippen LogP contribution in [0.15, 0.2) is 53.4 Å². The number of aryl methyl sites for hydroxylation is 2. The second-order valence-corrected chi connectivity index (χ2v) is 10.2. The molecule has 0 spiro atoms. The van der Waals surface area contributed by atoms with E-state index in [2.05, 4.69) is 35.2 Å². The molecule has 0 amide bonds. The van der Waals surface area contributed by atoms with Gasteiger partial charge < -0.3 is 0 Å². The largest absolute Gasteiger partial charge is 0.293 e. The molecule has 4 rings (SSSR count). The van der Waals surface area contributed by atoms with E-state index in [0.29, 0.717) is 18.0 Å². The molecule has 2 aromatic carbocycles. The molecule has 0 atom stereocenters. The molecule has 0 aliphatic carbocycles. The van der Waals surface area contributed by atoms with Crippen LogP contribution in [-0.4, -0.2) is 43.8 Å². The van der Waals surface area contributed by atoms with Crippen LogP contribution < -0.4 is 0 Å². The van der Waals surface area contributed by atoms with Crippen molar-refractivity contribution in [1.82, 2.24) is 9.21 Å². The topological polar surface area (TPSA) is 40.6 Å². The molecule has 2 aromatic rings. The third-order valence-electron chi connectivity index (χ3n) is 6.53. The maximum absolute atomic E-state index is 13.3. The fraction of sp³-hybridized carbons (Fsp3) is 0.478. The van der Waals surface area contributed by atoms with Crippen molar-refractivity contribution in [2.75, 3.05) is 26.2 Å². The highest BCUT2D eigenvalue weighted by molar-refractivity contribution is 7.89. The van der Waals surface area contributed by atoms with Gasteiger partial charge in [0.25, 0.3) is 0 Å². The van der Waals surface area contributed by atoms with Gasteiger partial charge in [-0.25, -0.2) is 8.42 Å². The number of nitrogens with zero attached hydrogens (tertiary/aromatic N) is 2. The lowest BCUT2D eigenvalue weighted by atomic mass is 9.80. The zero-order valence-electron chi connectivity index (χ0n) is 16.9. The van der Waals surface area contributed by atoms with Crippen molar-refractivity contribution in [1.29, 1.82) is 0 Å². The quantitative estimate of drug-likeness (QED) is 0.779. The molecule has 2 fully saturated rings. The summed E-state index contributed by atoms with van der Waals surface area (Å²) in [5, 5.41) is 0. The van der Waals surface area contributed by atoms with Crippen LogP contribution in [0.4, 0.5) is 0 Å². The van der Waals surface area contributed by atoms with Crippen molar-refractivity contribution >= 4 is 10.0 Å². The Balaban J connectivity index is 1.62. The van der Waals surface area contributed by atoms with Gasteiger partial charge in [0, 0.05) is 18.6 Å². The van der Waals surface area contributed by atoms with Crippen LogP contribution in [0, 0.1) is 13.8 Å². The van der Waals surface area contributed by atoms with Gasteiger partial charge in [0.1, 0.15) is 0 Å². The van der Waals surface area contributed by atoms with Gasteiger partial charge in [0.05, 0.1) is 4.90 Å². The minimum atomic E-state index is -3.46. The van der Waals surface area contributed by atoms with E-state index < -0.39 is 10.0 Å². The van der Waals surface area contributed by atoms with E-state index in [9.17, 15) is 8.42 Å². The van der Waals surface area contributed by atoms with Gasteiger partial charge in [0.15, 0.2) is 0 Å². The fourth-order valence-electron chi connectivity index (χ4n) is 4.90. The molecule has 5 heteroatoms. The third-order valence-corrected chi connectivity index (χ3v) is 8.57. The van der Waals surface area contributed by atoms with Crippen molar-refractivity contribution in [3.63, 3.8) is 0 Å². The molecule has 0 unspecified atom stereocenters. The van der Waals surface area contributed by atoms with Crippen LogP contribution >= 0.6 is 0 Å². The second kappa shape index (κ2) is 7.62. The first-order valence-corrected chi connectivity index (χ1v) is 11.8. The number of likely N-dealkylation sites (tertiary alicyclic amines) is 1. The first kappa shape index (κ1) is 19.6. The molecule has 2 heterocycles. The predicted molar refractivity (Wildman–Crippen MR) is 113 cm³/mol. The number of piperidine rings is 1. The molecule has 0 bridgehead atoms. The van der Waals surface area contributed by atoms with E-state index in [1.807, 2.05) is 32.0 Å². The van der Waals surface area contributed by atoms with Gasteiger partial charge in [-0.15, -0.1) is 0 Å². The Hall–Kier alpha value is -1.69. The number of rotatable bonds is 4. The summed E-state index contributed by atoms with van der Waals surface area (Å²) in [5.74, 6) is 0. The Labute approximate surface area is 169 Å². The SMILES string of the molecule is Cc1ccc(C)c(S(=O)(=O)N2CCC(c3ccccc3)(N3CCCC3)CC2)c1. The van der Waals surface area contributed by atoms with E-state index in [4.69, 9.17) is 0 Å². The second-order valence-electron chi connectivity index (χ2n) is 8.26. The van der Waals surface area contributed by atoms with Crippen molar-refractivity contribution in [2.24, 2.45) is 0 Å². The summed E-state index contributed by atoms with van der Waals surface area (Å²) in [6.07, 6.45) is 4.17. The van der Waals surface area contributed by atoms with Crippen molar-refractivity contribution in [2.45, 2.75) is 50.0 Å². The van der Waals surface area contributed by atoms with Gasteiger partial charge >= 0.3 is 0 Å². The Bertz CT molecular complexity index is 926. The molecule has 2 aliphatic heterocycles. The van der Waals surface area contributed by atoms with Crippen LogP contribution in [0.5, 0.6) is 0 Å². The molecule has 0 aromatic heterocycles. The zero-order chi connectivity index (χ0) is 19.8. The van der Waals surface area contributed by atoms with Crippen LogP contribution in [-0.2, 0) is 15.6 Å². The van der Waals surface area contributed by atoms with Gasteiger partial charge in [0.2, 0.25) is 10.0 Å². The maximum atomic E-state index is 13.3. The monoisotopic (exact) mass is 398 g/mol. The fourth-order valence-corrected chi connectivity index (χ4v) is 6.65. The Morgan fingerprint density at radius 2 is 1.50 bits per heavy atom. The normalized spacial score (nSPS) is 21.1. The average molecular weight is 399 g/mol. The molecule has 28 heavy (non-hydrogen) atoms. The lowest BCUT2D eigenvalue weighted by Crippen LogP contribution is -2.53. The molecule has 2 saturated heterocycles. The van der Waals surface area contributed by atoms with E-state index in [1.54, 1.807) is 4.31 Å². The number of hydrogen-bond donors (Lipinski definition) is 0. The van der Waals surface area contributed by atoms with Gasteiger partial charge in [-0.3, -0.25) is 4.90 Å². The number of sulfonamides is 1. The predicted octanol–water partition coefficient (Wildman–Crippen LogP) is 4.08. The minimum Gasteiger partial charge on any atom is -0.293 e. The average Bonchev–Trinajstić information content (AvgIpc) is 3.26. The van der Waals surface area contributed by atoms with Gasteiger partial charge in [-0.2, -0.15) is 4.31 Å². The molecule has 0 saturated carbocycles. The standard InChI is InChI=1S/C23H30N2O2S/c1-19-10-11-20(2)22(18-19)28(26,27)25-16-12-23(13-17-25,24-14-6-7-15-24)21-8-4-3-5-9-21/h3-5,8-11,18H,6-7,12-17H2,1-2H3. The summed E-state index contributed by atoms with van der Waals surface area (Å²) in [6.45, 7) is 7.19. The first-order valence-electron chi connectivity index (χ1n) is 10.3. The Morgan fingerprint density at radius 3 is 2.14 bits per heavy atom. The molecule has 4 nitrogen and oxygen atoms in total. The number of hydrogen-bond acceptors (Lipinski definition) is 3. The van der Waals surface area contributed by atoms with Crippen molar-refractivity contribution in [3.8, 4) is 0 Å². The number of benzene rings is 2. The Morgan fingerprint density at radius 1 is 0.857 bits per heavy atom. The van der Waals surface area contributed by atoms with Crippen LogP contribution in [0.25, 0.3) is 0 Å². The van der Waals surface area contributed by atoms with E-state index in [0.717, 1.165) is 37.1 Å². The van der Waals surface area contributed by atoms with Crippen molar-refractivity contribution < 1.29 is 8.42 Å². The first-order chi connectivity index (χ1) is 13.4. The highest BCUT2D eigenvalue weighted by Crippen LogP contribution is 2.42. The third kappa shape index (κ3) is 3.40. The summed E-state index contributed by atoms with van der Waals surface area (Å²) < 4.78 is 28.4. The molecule has 0 radical (unpaired) electrons. The summed E-state index contributed by atoms with van der Waals surface area (Å²) in [5.41, 5.74) is 3.11. The molecule has 0 N–H and O–H groups in total. The molecular formula is C23H30N2O2S. The molecule has 150 valence electrons. The van der Waals surface area contributed by atoms with Crippen LogP contribution in [0.3, 0.4) is 0 Å². The Kier molecular flexibility index (Phi) is 5.34. The summed E-state index contributed by atoms with van der Waals surface area (Å²) >= 11 is 0. The van der Waals surface area contributed by atoms with E-state index >= 15 is 0 Å². The van der Waals surface area contributed by atoms with Gasteiger partial charge in [-0.1, -0.05) is 42.5 Å². The van der Waals surface area contributed by atoms with E-state index in [1.165, 1.54) is 18.4 Å². The molecule has 2 aliphatic rings. The van der Waals surface area contributed by atoms with Crippen LogP contribution in [0.2, 0.25) is 0 Å². The lowest BCUT2D eigenvalue weighted by molar-refractivity contribution is 0.0572. The highest BCUT2D eigenvalue weighted by Gasteiger charge is 2.44. The zero-order valence-corrected chi connectivity index (χ0v) is 17.7. The minimum absolute atomic E-state index is 0.0363. The smallest absolute Gasteiger partial charge is 0.243 e. The summed E-state index contributed by atoms with van der Waals surface area (Å²) in [6, 6.07) is 16.4. The summed E-state index contributed by atoms with van der Waals surface area (Å²) in [7, 11) is -3.46. The summed E-state index contributed by atoms with van der Waals surface area (Å²) in [4.78, 5) is 3.06. The van der Waals surface area contributed by atoms with Crippen LogP contribution in [0.1, 0.15) is 42.4 Å². The molecular weight excluding hydrogens is 368 g/mol. The lowest BCUT2D eigenvalue weighted by Gasteiger charge is -2.47. The van der Waals surface area contributed by atoms with Gasteiger partial charge in [-0.05, 0) is 75.4 Å². The van der Waals surface area contributed by atoms with Crippen molar-refractivity contribution in [3.05, 3.63) is 65.2 Å². The van der Waals surface area contributed by atoms with E-state index in [-0.39, 0.29) is 5.54 Å². The maximum Gasteiger partial charge on any atom is 0.243 e. The highest BCUT2D eigenvalue weighted by atomic mass is 32.2.